The summed E-state index contributed by atoms with van der Waals surface area (Å²) < 4.78 is 5.51. The molecular weight excluding hydrogens is 323 g/mol. The number of methoxy groups -OCH3 is 1. The summed E-state index contributed by atoms with van der Waals surface area (Å²) in [5, 5.41) is 0. The number of aromatic amines is 1. The molecule has 0 saturated heterocycles. The van der Waals surface area contributed by atoms with E-state index in [1.54, 1.807) is 7.11 Å². The van der Waals surface area contributed by atoms with Gasteiger partial charge in [-0.3, -0.25) is 4.79 Å². The summed E-state index contributed by atoms with van der Waals surface area (Å²) in [6, 6.07) is -0.105. The van der Waals surface area contributed by atoms with Crippen molar-refractivity contribution in [3.63, 3.8) is 0 Å². The highest BCUT2D eigenvalue weighted by Crippen LogP contribution is 2.13. The Labute approximate surface area is 107 Å². The number of likely N-dealkylation sites (N-methyl/N-ethyl adjacent to an activating group) is 1. The summed E-state index contributed by atoms with van der Waals surface area (Å²) in [7, 11) is 3.45. The van der Waals surface area contributed by atoms with Gasteiger partial charge in [0.05, 0.1) is 12.9 Å². The first-order valence-corrected chi connectivity index (χ1v) is 5.83. The zero-order chi connectivity index (χ0) is 12.1. The van der Waals surface area contributed by atoms with E-state index in [4.69, 9.17) is 10.5 Å². The van der Waals surface area contributed by atoms with Gasteiger partial charge >= 0.3 is 0 Å². The Bertz CT molecular complexity index is 395. The molecule has 0 spiro atoms. The van der Waals surface area contributed by atoms with Crippen LogP contribution in [0.2, 0.25) is 0 Å². The van der Waals surface area contributed by atoms with Gasteiger partial charge in [0.25, 0.3) is 5.56 Å². The molecule has 1 heterocycles. The van der Waals surface area contributed by atoms with E-state index in [9.17, 15) is 4.79 Å². The molecule has 7 heteroatoms. The van der Waals surface area contributed by atoms with Gasteiger partial charge in [0.15, 0.2) is 0 Å². The third kappa shape index (κ3) is 3.42. The van der Waals surface area contributed by atoms with Gasteiger partial charge in [0.1, 0.15) is 9.39 Å². The first-order chi connectivity index (χ1) is 7.56. The van der Waals surface area contributed by atoms with Gasteiger partial charge in [-0.1, -0.05) is 0 Å². The Hall–Kier alpha value is -0.670. The third-order valence-electron chi connectivity index (χ3n) is 2.03. The zero-order valence-electron chi connectivity index (χ0n) is 9.24. The number of H-pyrrole nitrogens is 1. The van der Waals surface area contributed by atoms with E-state index in [0.29, 0.717) is 22.5 Å². The zero-order valence-corrected chi connectivity index (χ0v) is 11.4. The number of aromatic nitrogens is 2. The number of anilines is 1. The van der Waals surface area contributed by atoms with Crippen LogP contribution in [0.1, 0.15) is 0 Å². The number of ether oxygens (including phenoxy) is 1. The minimum Gasteiger partial charge on any atom is -0.383 e. The molecule has 1 unspecified atom stereocenters. The van der Waals surface area contributed by atoms with Crippen molar-refractivity contribution in [2.24, 2.45) is 5.73 Å². The van der Waals surface area contributed by atoms with E-state index in [1.807, 2.05) is 34.5 Å². The maximum absolute atomic E-state index is 11.4. The van der Waals surface area contributed by atoms with Crippen molar-refractivity contribution in [1.29, 1.82) is 0 Å². The number of hydrogen-bond donors (Lipinski definition) is 2. The van der Waals surface area contributed by atoms with Crippen LogP contribution in [-0.4, -0.2) is 43.3 Å². The van der Waals surface area contributed by atoms with Crippen LogP contribution in [0.4, 0.5) is 5.82 Å². The molecule has 0 aliphatic rings. The topological polar surface area (TPSA) is 84.2 Å². The molecule has 0 bridgehead atoms. The first-order valence-electron chi connectivity index (χ1n) is 4.75. The Balaban J connectivity index is 2.76. The summed E-state index contributed by atoms with van der Waals surface area (Å²) in [6.07, 6.45) is 1.39. The highest BCUT2D eigenvalue weighted by atomic mass is 127. The molecule has 0 fully saturated rings. The smallest absolute Gasteiger partial charge is 0.266 e. The first kappa shape index (κ1) is 13.4. The summed E-state index contributed by atoms with van der Waals surface area (Å²) in [5.74, 6) is 0.635. The predicted octanol–water partition coefficient (Wildman–Crippen LogP) is -0.216. The fourth-order valence-corrected chi connectivity index (χ4v) is 2.05. The number of halogens is 1. The van der Waals surface area contributed by atoms with Gasteiger partial charge in [-0.25, -0.2) is 4.98 Å². The fourth-order valence-electron chi connectivity index (χ4n) is 1.34. The standard InChI is InChI=1S/C9H15IN4O2/c1-14(3-6(11)4-16-2)8-7(10)9(15)13-5-12-8/h5-6H,3-4,11H2,1-2H3,(H,12,13,15). The molecule has 90 valence electrons. The summed E-state index contributed by atoms with van der Waals surface area (Å²) in [4.78, 5) is 19.9. The van der Waals surface area contributed by atoms with E-state index in [-0.39, 0.29) is 11.6 Å². The molecular formula is C9H15IN4O2. The average molecular weight is 338 g/mol. The van der Waals surface area contributed by atoms with E-state index in [1.165, 1.54) is 6.33 Å². The number of nitrogens with one attached hydrogen (secondary N) is 1. The van der Waals surface area contributed by atoms with E-state index >= 15 is 0 Å². The molecule has 16 heavy (non-hydrogen) atoms. The molecule has 1 aromatic rings. The van der Waals surface area contributed by atoms with Gasteiger partial charge in [-0.15, -0.1) is 0 Å². The van der Waals surface area contributed by atoms with Crippen LogP contribution in [0.15, 0.2) is 11.1 Å². The second-order valence-electron chi connectivity index (χ2n) is 3.47. The van der Waals surface area contributed by atoms with Crippen molar-refractivity contribution in [3.8, 4) is 0 Å². The molecule has 3 N–H and O–H groups in total. The Kier molecular flexibility index (Phi) is 5.16. The highest BCUT2D eigenvalue weighted by Gasteiger charge is 2.13. The maximum Gasteiger partial charge on any atom is 0.266 e. The van der Waals surface area contributed by atoms with Crippen molar-refractivity contribution in [2.45, 2.75) is 6.04 Å². The average Bonchev–Trinajstić information content (AvgIpc) is 2.22. The van der Waals surface area contributed by atoms with Gasteiger partial charge < -0.3 is 20.4 Å². The minimum atomic E-state index is -0.141. The van der Waals surface area contributed by atoms with Crippen molar-refractivity contribution in [1.82, 2.24) is 9.97 Å². The van der Waals surface area contributed by atoms with Crippen LogP contribution >= 0.6 is 22.6 Å². The van der Waals surface area contributed by atoms with Gasteiger partial charge in [0, 0.05) is 26.7 Å². The molecule has 0 amide bonds. The lowest BCUT2D eigenvalue weighted by Gasteiger charge is -2.22. The SMILES string of the molecule is COCC(N)CN(C)c1nc[nH]c(=O)c1I. The molecule has 1 rings (SSSR count). The summed E-state index contributed by atoms with van der Waals surface area (Å²) >= 11 is 1.97. The molecule has 6 nitrogen and oxygen atoms in total. The molecule has 1 aromatic heterocycles. The second-order valence-corrected chi connectivity index (χ2v) is 4.54. The van der Waals surface area contributed by atoms with Crippen LogP contribution in [0, 0.1) is 3.57 Å². The largest absolute Gasteiger partial charge is 0.383 e. The van der Waals surface area contributed by atoms with Gasteiger partial charge in [-0.05, 0) is 22.6 Å². The number of nitrogens with zero attached hydrogens (tertiary/aromatic N) is 2. The maximum atomic E-state index is 11.4. The lowest BCUT2D eigenvalue weighted by Crippen LogP contribution is -2.39. The Morgan fingerprint density at radius 1 is 1.75 bits per heavy atom. The third-order valence-corrected chi connectivity index (χ3v) is 3.00. The number of rotatable bonds is 5. The lowest BCUT2D eigenvalue weighted by molar-refractivity contribution is 0.181. The monoisotopic (exact) mass is 338 g/mol. The molecule has 0 aliphatic heterocycles. The predicted molar refractivity (Wildman–Crippen MR) is 70.7 cm³/mol. The van der Waals surface area contributed by atoms with Crippen LogP contribution in [0.25, 0.3) is 0 Å². The van der Waals surface area contributed by atoms with Crippen molar-refractivity contribution >= 4 is 28.4 Å². The summed E-state index contributed by atoms with van der Waals surface area (Å²) in [6.45, 7) is 1.06. The fraction of sp³-hybridized carbons (Fsp3) is 0.556. The van der Waals surface area contributed by atoms with Crippen molar-refractivity contribution < 1.29 is 4.74 Å². The van der Waals surface area contributed by atoms with Crippen LogP contribution < -0.4 is 16.2 Å². The molecule has 0 aromatic carbocycles. The van der Waals surface area contributed by atoms with Gasteiger partial charge in [0.2, 0.25) is 0 Å². The molecule has 0 radical (unpaired) electrons. The molecule has 0 aliphatic carbocycles. The quantitative estimate of drug-likeness (QED) is 0.726. The Morgan fingerprint density at radius 2 is 2.44 bits per heavy atom. The molecule has 0 saturated carbocycles. The van der Waals surface area contributed by atoms with E-state index < -0.39 is 0 Å². The minimum absolute atomic E-state index is 0.105. The number of nitrogens with two attached hydrogens (primary N) is 1. The second kappa shape index (κ2) is 6.16. The van der Waals surface area contributed by atoms with Crippen LogP contribution in [0.5, 0.6) is 0 Å². The normalized spacial score (nSPS) is 12.5. The number of hydrogen-bond acceptors (Lipinski definition) is 5. The van der Waals surface area contributed by atoms with Crippen molar-refractivity contribution in [2.75, 3.05) is 32.2 Å². The molecule has 1 atom stereocenters. The van der Waals surface area contributed by atoms with Crippen LogP contribution in [-0.2, 0) is 4.74 Å². The Morgan fingerprint density at radius 3 is 3.06 bits per heavy atom. The lowest BCUT2D eigenvalue weighted by atomic mass is 10.3. The van der Waals surface area contributed by atoms with Crippen molar-refractivity contribution in [3.05, 3.63) is 20.3 Å². The van der Waals surface area contributed by atoms with E-state index in [2.05, 4.69) is 9.97 Å². The summed E-state index contributed by atoms with van der Waals surface area (Å²) in [5.41, 5.74) is 5.69. The van der Waals surface area contributed by atoms with E-state index in [0.717, 1.165) is 0 Å². The van der Waals surface area contributed by atoms with Crippen LogP contribution in [0.3, 0.4) is 0 Å². The van der Waals surface area contributed by atoms with Gasteiger partial charge in [-0.2, -0.15) is 0 Å². The highest BCUT2D eigenvalue weighted by molar-refractivity contribution is 14.1.